The van der Waals surface area contributed by atoms with Crippen molar-refractivity contribution in [3.8, 4) is 11.3 Å². The number of amidine groups is 1. The van der Waals surface area contributed by atoms with Gasteiger partial charge < -0.3 is 14.4 Å². The largest absolute Gasteiger partial charge is 0.354 e. The van der Waals surface area contributed by atoms with Gasteiger partial charge >= 0.3 is 0 Å². The third-order valence-corrected chi connectivity index (χ3v) is 6.02. The topological polar surface area (TPSA) is 62.9 Å². The minimum absolute atomic E-state index is 0.182. The van der Waals surface area contributed by atoms with E-state index in [4.69, 9.17) is 49.3 Å². The first-order chi connectivity index (χ1) is 15.9. The molecule has 2 aromatic carbocycles. The Morgan fingerprint density at radius 3 is 2.39 bits per heavy atom. The van der Waals surface area contributed by atoms with Crippen molar-refractivity contribution in [2.24, 2.45) is 0 Å². The summed E-state index contributed by atoms with van der Waals surface area (Å²) in [5.74, 6) is 0.182. The molecule has 0 aliphatic carbocycles. The normalized spacial score (nSPS) is 11.3. The van der Waals surface area contributed by atoms with Crippen LogP contribution in [0.1, 0.15) is 5.69 Å². The van der Waals surface area contributed by atoms with Gasteiger partial charge in [0.25, 0.3) is 0 Å². The number of fused-ring (bicyclic) bond motifs is 1. The van der Waals surface area contributed by atoms with Crippen LogP contribution in [-0.4, -0.2) is 42.3 Å². The van der Waals surface area contributed by atoms with Gasteiger partial charge in [-0.05, 0) is 54.6 Å². The highest BCUT2D eigenvalue weighted by Gasteiger charge is 2.26. The minimum atomic E-state index is -0.571. The summed E-state index contributed by atoms with van der Waals surface area (Å²) in [5, 5.41) is 10.9. The third-order valence-electron chi connectivity index (χ3n) is 5.20. The van der Waals surface area contributed by atoms with Crippen molar-refractivity contribution < 1.29 is 9.47 Å². The zero-order valence-electron chi connectivity index (χ0n) is 17.9. The summed E-state index contributed by atoms with van der Waals surface area (Å²) in [6.07, 6.45) is 1.29. The third kappa shape index (κ3) is 4.86. The minimum Gasteiger partial charge on any atom is -0.354 e. The first kappa shape index (κ1) is 23.5. The van der Waals surface area contributed by atoms with Crippen LogP contribution in [0.15, 0.2) is 66.9 Å². The zero-order chi connectivity index (χ0) is 23.5. The Morgan fingerprint density at radius 2 is 1.70 bits per heavy atom. The van der Waals surface area contributed by atoms with Crippen molar-refractivity contribution in [1.82, 2.24) is 9.38 Å². The lowest BCUT2D eigenvalue weighted by Gasteiger charge is -2.28. The molecule has 0 bridgehead atoms. The molecule has 0 spiro atoms. The van der Waals surface area contributed by atoms with Crippen molar-refractivity contribution in [2.75, 3.05) is 25.7 Å². The van der Waals surface area contributed by atoms with E-state index in [1.165, 1.54) is 0 Å². The highest BCUT2D eigenvalue weighted by Crippen LogP contribution is 2.34. The second kappa shape index (κ2) is 10.1. The van der Waals surface area contributed by atoms with Crippen molar-refractivity contribution in [1.29, 1.82) is 5.41 Å². The van der Waals surface area contributed by atoms with Crippen LogP contribution in [0.5, 0.6) is 0 Å². The van der Waals surface area contributed by atoms with E-state index in [0.29, 0.717) is 37.7 Å². The molecule has 4 rings (SSSR count). The van der Waals surface area contributed by atoms with Crippen molar-refractivity contribution in [3.63, 3.8) is 0 Å². The summed E-state index contributed by atoms with van der Waals surface area (Å²) < 4.78 is 12.7. The highest BCUT2D eigenvalue weighted by atomic mass is 35.5. The molecule has 0 aliphatic heterocycles. The van der Waals surface area contributed by atoms with E-state index < -0.39 is 6.29 Å². The maximum atomic E-state index is 9.28. The van der Waals surface area contributed by atoms with E-state index in [1.807, 2.05) is 40.9 Å². The second-order valence-corrected chi connectivity index (χ2v) is 8.48. The molecule has 0 unspecified atom stereocenters. The molecule has 0 atom stereocenters. The lowest BCUT2D eigenvalue weighted by atomic mass is 10.1. The average molecular weight is 504 g/mol. The van der Waals surface area contributed by atoms with Gasteiger partial charge in [-0.15, -0.1) is 0 Å². The van der Waals surface area contributed by atoms with Crippen LogP contribution < -0.4 is 4.90 Å². The number of benzene rings is 2. The van der Waals surface area contributed by atoms with Crippen LogP contribution in [0, 0.1) is 5.41 Å². The Hall–Kier alpha value is -2.61. The predicted molar refractivity (Wildman–Crippen MR) is 134 cm³/mol. The Labute approximate surface area is 206 Å². The summed E-state index contributed by atoms with van der Waals surface area (Å²) in [6.45, 7) is 0.260. The molecule has 33 heavy (non-hydrogen) atoms. The number of nitrogens with zero attached hydrogens (tertiary/aromatic N) is 3. The molecule has 0 saturated carbocycles. The van der Waals surface area contributed by atoms with Gasteiger partial charge in [0.15, 0.2) is 12.1 Å². The maximum Gasteiger partial charge on any atom is 0.174 e. The van der Waals surface area contributed by atoms with E-state index in [9.17, 15) is 5.41 Å². The number of nitrogens with one attached hydrogen (secondary N) is 1. The number of pyridine rings is 1. The molecule has 0 fully saturated rings. The average Bonchev–Trinajstić information content (AvgIpc) is 3.21. The SMILES string of the molecule is COC(CN(C(=N)c1c(-c2cc(Cl)ccc2Cl)nc2ccccn12)c1ccc(Cl)cc1)OC. The van der Waals surface area contributed by atoms with E-state index in [-0.39, 0.29) is 12.4 Å². The molecule has 2 heterocycles. The number of hydrogen-bond donors (Lipinski definition) is 1. The summed E-state index contributed by atoms with van der Waals surface area (Å²) in [7, 11) is 3.12. The molecular formula is C24H21Cl3N4O2. The number of ether oxygens (including phenoxy) is 2. The number of aromatic nitrogens is 2. The number of anilines is 1. The molecule has 0 amide bonds. The van der Waals surface area contributed by atoms with Crippen molar-refractivity contribution >= 4 is 52.0 Å². The van der Waals surface area contributed by atoms with E-state index >= 15 is 0 Å². The zero-order valence-corrected chi connectivity index (χ0v) is 20.2. The molecule has 0 aliphatic rings. The van der Waals surface area contributed by atoms with Gasteiger partial charge in [0.1, 0.15) is 17.0 Å². The van der Waals surface area contributed by atoms with Crippen LogP contribution in [0.25, 0.3) is 16.9 Å². The lowest BCUT2D eigenvalue weighted by molar-refractivity contribution is -0.0935. The highest BCUT2D eigenvalue weighted by molar-refractivity contribution is 6.35. The summed E-state index contributed by atoms with van der Waals surface area (Å²) in [5.41, 5.74) is 3.16. The molecule has 0 radical (unpaired) electrons. The number of methoxy groups -OCH3 is 2. The lowest BCUT2D eigenvalue weighted by Crippen LogP contribution is -2.40. The van der Waals surface area contributed by atoms with Crippen LogP contribution >= 0.6 is 34.8 Å². The summed E-state index contributed by atoms with van der Waals surface area (Å²) >= 11 is 18.9. The first-order valence-electron chi connectivity index (χ1n) is 10.0. The van der Waals surface area contributed by atoms with Crippen molar-refractivity contribution in [2.45, 2.75) is 6.29 Å². The fourth-order valence-corrected chi connectivity index (χ4v) is 4.06. The van der Waals surface area contributed by atoms with E-state index in [1.54, 1.807) is 49.5 Å². The number of rotatable bonds is 7. The molecule has 4 aromatic rings. The molecule has 170 valence electrons. The fraction of sp³-hybridized carbons (Fsp3) is 0.167. The maximum absolute atomic E-state index is 9.28. The standard InChI is InChI=1S/C24H21Cl3N4O2/c1-32-21(33-2)14-31(17-9-6-15(25)7-10-17)24(28)23-22(18-13-16(26)8-11-19(18)27)29-20-5-3-4-12-30(20)23/h3-13,21,28H,14H2,1-2H3. The van der Waals surface area contributed by atoms with Gasteiger partial charge in [0.05, 0.1) is 11.6 Å². The van der Waals surface area contributed by atoms with Crippen LogP contribution in [0.3, 0.4) is 0 Å². The Kier molecular flexibility index (Phi) is 7.22. The number of hydrogen-bond acceptors (Lipinski definition) is 4. The van der Waals surface area contributed by atoms with Gasteiger partial charge in [-0.2, -0.15) is 0 Å². The van der Waals surface area contributed by atoms with Crippen LogP contribution in [0.2, 0.25) is 15.1 Å². The Morgan fingerprint density at radius 1 is 1.00 bits per heavy atom. The van der Waals surface area contributed by atoms with E-state index in [0.717, 1.165) is 5.69 Å². The summed E-state index contributed by atoms with van der Waals surface area (Å²) in [4.78, 5) is 6.57. The van der Waals surface area contributed by atoms with Gasteiger partial charge in [0, 0.05) is 41.7 Å². The van der Waals surface area contributed by atoms with Crippen LogP contribution in [0.4, 0.5) is 5.69 Å². The molecule has 0 saturated heterocycles. The fourth-order valence-electron chi connectivity index (χ4n) is 3.56. The molecule has 1 N–H and O–H groups in total. The summed E-state index contributed by atoms with van der Waals surface area (Å²) in [6, 6.07) is 18.1. The van der Waals surface area contributed by atoms with E-state index in [2.05, 4.69) is 0 Å². The van der Waals surface area contributed by atoms with Gasteiger partial charge in [-0.3, -0.25) is 9.81 Å². The van der Waals surface area contributed by atoms with Crippen LogP contribution in [-0.2, 0) is 9.47 Å². The number of imidazole rings is 1. The van der Waals surface area contributed by atoms with Gasteiger partial charge in [0.2, 0.25) is 0 Å². The molecule has 2 aromatic heterocycles. The Balaban J connectivity index is 1.92. The van der Waals surface area contributed by atoms with Crippen molar-refractivity contribution in [3.05, 3.63) is 87.6 Å². The monoisotopic (exact) mass is 502 g/mol. The van der Waals surface area contributed by atoms with Gasteiger partial charge in [-0.1, -0.05) is 40.9 Å². The second-order valence-electron chi connectivity index (χ2n) is 7.20. The Bertz CT molecular complexity index is 1290. The quantitative estimate of drug-likeness (QED) is 0.180. The molecule has 6 nitrogen and oxygen atoms in total. The first-order valence-corrected chi connectivity index (χ1v) is 11.2. The molecular weight excluding hydrogens is 483 g/mol. The van der Waals surface area contributed by atoms with Gasteiger partial charge in [-0.25, -0.2) is 4.98 Å². The molecule has 9 heteroatoms. The predicted octanol–water partition coefficient (Wildman–Crippen LogP) is 6.41. The smallest absolute Gasteiger partial charge is 0.174 e. The number of halogens is 3.